The summed E-state index contributed by atoms with van der Waals surface area (Å²) < 4.78 is 5.79. The lowest BCUT2D eigenvalue weighted by Crippen LogP contribution is -2.52. The van der Waals surface area contributed by atoms with Gasteiger partial charge in [-0.1, -0.05) is 42.5 Å². The number of benzene rings is 3. The van der Waals surface area contributed by atoms with E-state index in [0.29, 0.717) is 23.4 Å². The summed E-state index contributed by atoms with van der Waals surface area (Å²) in [5.74, 6) is -0.450. The van der Waals surface area contributed by atoms with Crippen LogP contribution in [0.4, 0.5) is 5.69 Å². The second kappa shape index (κ2) is 10.1. The first kappa shape index (κ1) is 22.2. The predicted molar refractivity (Wildman–Crippen MR) is 122 cm³/mol. The molecule has 2 amide bonds. The van der Waals surface area contributed by atoms with Gasteiger partial charge in [0, 0.05) is 17.8 Å². The van der Waals surface area contributed by atoms with Gasteiger partial charge in [0.25, 0.3) is 5.91 Å². The second-order valence-corrected chi connectivity index (χ2v) is 7.75. The topological polar surface area (TPSA) is 103 Å². The van der Waals surface area contributed by atoms with Crippen molar-refractivity contribution in [1.82, 2.24) is 4.90 Å². The van der Waals surface area contributed by atoms with Crippen molar-refractivity contribution >= 4 is 17.5 Å². The number of nitrogens with one attached hydrogen (secondary N) is 1. The molecule has 1 fully saturated rings. The number of anilines is 1. The Balaban J connectivity index is 1.47. The van der Waals surface area contributed by atoms with Gasteiger partial charge in [-0.2, -0.15) is 5.26 Å². The molecule has 7 nitrogen and oxygen atoms in total. The van der Waals surface area contributed by atoms with E-state index >= 15 is 0 Å². The van der Waals surface area contributed by atoms with Crippen LogP contribution in [-0.2, 0) is 16.1 Å². The smallest absolute Gasteiger partial charge is 0.255 e. The van der Waals surface area contributed by atoms with Crippen LogP contribution in [0.25, 0.3) is 0 Å². The number of rotatable bonds is 6. The highest BCUT2D eigenvalue weighted by molar-refractivity contribution is 6.04. The fourth-order valence-electron chi connectivity index (χ4n) is 3.86. The molecule has 4 rings (SSSR count). The van der Waals surface area contributed by atoms with Crippen LogP contribution in [0.1, 0.15) is 33.2 Å². The number of amides is 2. The number of carbonyl (C=O) groups is 2. The molecule has 166 valence electrons. The molecule has 0 aromatic heterocycles. The average Bonchev–Trinajstić information content (AvgIpc) is 2.86. The van der Waals surface area contributed by atoms with Crippen molar-refractivity contribution in [2.24, 2.45) is 0 Å². The zero-order chi connectivity index (χ0) is 23.2. The highest BCUT2D eigenvalue weighted by Gasteiger charge is 2.37. The van der Waals surface area contributed by atoms with Gasteiger partial charge in [0.1, 0.15) is 12.7 Å². The number of nitrogens with zero attached hydrogens (tertiary/aromatic N) is 2. The summed E-state index contributed by atoms with van der Waals surface area (Å²) in [6.45, 7) is 0.0924. The van der Waals surface area contributed by atoms with Crippen molar-refractivity contribution in [3.05, 3.63) is 101 Å². The summed E-state index contributed by atoms with van der Waals surface area (Å²) in [5, 5.41) is 21.8. The van der Waals surface area contributed by atoms with Crippen LogP contribution >= 0.6 is 0 Å². The SMILES string of the molecule is N#Cc1ccc(C(=O)Nc2ccc([C@H]3OCC(=O)N(Cc4ccccc4)[C@@H]3CO)cc2)cc1. The molecule has 1 aliphatic heterocycles. The van der Waals surface area contributed by atoms with Gasteiger partial charge in [-0.3, -0.25) is 9.59 Å². The number of nitriles is 1. The van der Waals surface area contributed by atoms with E-state index in [-0.39, 0.29) is 25.0 Å². The lowest BCUT2D eigenvalue weighted by Gasteiger charge is -2.40. The Morgan fingerprint density at radius 2 is 1.76 bits per heavy atom. The van der Waals surface area contributed by atoms with Crippen LogP contribution in [0, 0.1) is 11.3 Å². The number of aliphatic hydroxyl groups excluding tert-OH is 1. The van der Waals surface area contributed by atoms with E-state index in [4.69, 9.17) is 10.00 Å². The number of ether oxygens (including phenoxy) is 1. The van der Waals surface area contributed by atoms with Crippen molar-refractivity contribution < 1.29 is 19.4 Å². The first-order valence-corrected chi connectivity index (χ1v) is 10.6. The summed E-state index contributed by atoms with van der Waals surface area (Å²) >= 11 is 0. The van der Waals surface area contributed by atoms with Gasteiger partial charge in [-0.05, 0) is 47.5 Å². The van der Waals surface area contributed by atoms with Crippen LogP contribution in [0.15, 0.2) is 78.9 Å². The zero-order valence-corrected chi connectivity index (χ0v) is 17.8. The van der Waals surface area contributed by atoms with Crippen LogP contribution in [0.2, 0.25) is 0 Å². The van der Waals surface area contributed by atoms with Crippen molar-refractivity contribution in [2.75, 3.05) is 18.5 Å². The Hall–Kier alpha value is -3.99. The molecule has 2 N–H and O–H groups in total. The highest BCUT2D eigenvalue weighted by atomic mass is 16.5. The minimum Gasteiger partial charge on any atom is -0.394 e. The second-order valence-electron chi connectivity index (χ2n) is 7.75. The number of hydrogen-bond acceptors (Lipinski definition) is 5. The molecule has 1 heterocycles. The lowest BCUT2D eigenvalue weighted by molar-refractivity contribution is -0.162. The monoisotopic (exact) mass is 441 g/mol. The molecule has 0 saturated carbocycles. The summed E-state index contributed by atoms with van der Waals surface area (Å²) in [6.07, 6.45) is -0.486. The molecule has 0 aliphatic carbocycles. The highest BCUT2D eigenvalue weighted by Crippen LogP contribution is 2.31. The normalized spacial score (nSPS) is 17.9. The van der Waals surface area contributed by atoms with Gasteiger partial charge in [-0.15, -0.1) is 0 Å². The van der Waals surface area contributed by atoms with Gasteiger partial charge in [0.2, 0.25) is 5.91 Å². The first-order valence-electron chi connectivity index (χ1n) is 10.6. The first-order chi connectivity index (χ1) is 16.1. The van der Waals surface area contributed by atoms with Crippen LogP contribution in [0.5, 0.6) is 0 Å². The number of hydrogen-bond donors (Lipinski definition) is 2. The van der Waals surface area contributed by atoms with Crippen molar-refractivity contribution in [2.45, 2.75) is 18.7 Å². The molecule has 3 aromatic rings. The summed E-state index contributed by atoms with van der Waals surface area (Å²) in [4.78, 5) is 26.6. The fraction of sp³-hybridized carbons (Fsp3) is 0.192. The Bertz CT molecular complexity index is 1150. The minimum atomic E-state index is -0.523. The van der Waals surface area contributed by atoms with Gasteiger partial charge < -0.3 is 20.1 Å². The molecular formula is C26H23N3O4. The van der Waals surface area contributed by atoms with E-state index in [2.05, 4.69) is 5.32 Å². The Kier molecular flexibility index (Phi) is 6.79. The molecule has 7 heteroatoms. The largest absolute Gasteiger partial charge is 0.394 e. The Labute approximate surface area is 191 Å². The third-order valence-corrected chi connectivity index (χ3v) is 5.61. The molecule has 2 atom stereocenters. The molecule has 0 bridgehead atoms. The summed E-state index contributed by atoms with van der Waals surface area (Å²) in [7, 11) is 0. The third-order valence-electron chi connectivity index (χ3n) is 5.61. The number of morpholine rings is 1. The maximum Gasteiger partial charge on any atom is 0.255 e. The van der Waals surface area contributed by atoms with E-state index in [1.165, 1.54) is 0 Å². The van der Waals surface area contributed by atoms with E-state index in [1.54, 1.807) is 41.3 Å². The predicted octanol–water partition coefficient (Wildman–Crippen LogP) is 3.27. The maximum atomic E-state index is 12.5. The van der Waals surface area contributed by atoms with Gasteiger partial charge in [0.05, 0.1) is 24.3 Å². The number of carbonyl (C=O) groups excluding carboxylic acids is 2. The third kappa shape index (κ3) is 5.09. The van der Waals surface area contributed by atoms with Gasteiger partial charge in [0.15, 0.2) is 0 Å². The van der Waals surface area contributed by atoms with Gasteiger partial charge >= 0.3 is 0 Å². The standard InChI is InChI=1S/C26H23N3O4/c27-14-18-6-8-21(9-7-18)26(32)28-22-12-10-20(11-13-22)25-23(16-30)29(24(31)17-33-25)15-19-4-2-1-3-5-19/h1-13,23,25,30H,15-17H2,(H,28,32)/t23-,25-/m1/s1. The summed E-state index contributed by atoms with van der Waals surface area (Å²) in [6, 6.07) is 24.7. The van der Waals surface area contributed by atoms with Crippen LogP contribution < -0.4 is 5.32 Å². The van der Waals surface area contributed by atoms with E-state index in [0.717, 1.165) is 11.1 Å². The van der Waals surface area contributed by atoms with Crippen molar-refractivity contribution in [3.63, 3.8) is 0 Å². The molecule has 1 aliphatic rings. The number of aliphatic hydroxyl groups is 1. The van der Waals surface area contributed by atoms with Crippen LogP contribution in [-0.4, -0.2) is 41.1 Å². The molecule has 3 aromatic carbocycles. The van der Waals surface area contributed by atoms with E-state index < -0.39 is 12.1 Å². The van der Waals surface area contributed by atoms with E-state index in [9.17, 15) is 14.7 Å². The van der Waals surface area contributed by atoms with Crippen LogP contribution in [0.3, 0.4) is 0 Å². The molecule has 0 radical (unpaired) electrons. The lowest BCUT2D eigenvalue weighted by atomic mass is 9.98. The zero-order valence-electron chi connectivity index (χ0n) is 17.8. The maximum absolute atomic E-state index is 12.5. The molecule has 0 unspecified atom stereocenters. The molecule has 0 spiro atoms. The van der Waals surface area contributed by atoms with Gasteiger partial charge in [-0.25, -0.2) is 0 Å². The Morgan fingerprint density at radius 1 is 1.06 bits per heavy atom. The quantitative estimate of drug-likeness (QED) is 0.611. The van der Waals surface area contributed by atoms with Crippen molar-refractivity contribution in [3.8, 4) is 6.07 Å². The Morgan fingerprint density at radius 3 is 2.39 bits per heavy atom. The average molecular weight is 441 g/mol. The summed E-state index contributed by atoms with van der Waals surface area (Å²) in [5.41, 5.74) is 3.31. The van der Waals surface area contributed by atoms with Crippen molar-refractivity contribution in [1.29, 1.82) is 5.26 Å². The fourth-order valence-corrected chi connectivity index (χ4v) is 3.86. The van der Waals surface area contributed by atoms with E-state index in [1.807, 2.05) is 48.5 Å². The molecule has 33 heavy (non-hydrogen) atoms. The minimum absolute atomic E-state index is 0.0643. The molecule has 1 saturated heterocycles. The molecular weight excluding hydrogens is 418 g/mol.